The van der Waals surface area contributed by atoms with E-state index in [0.29, 0.717) is 5.78 Å². The highest BCUT2D eigenvalue weighted by Gasteiger charge is 2.19. The van der Waals surface area contributed by atoms with Gasteiger partial charge in [0.05, 0.1) is 11.4 Å². The van der Waals surface area contributed by atoms with Crippen molar-refractivity contribution in [1.82, 2.24) is 19.6 Å². The highest BCUT2D eigenvalue weighted by atomic mass is 15.3. The lowest BCUT2D eigenvalue weighted by atomic mass is 9.85. The molecule has 0 spiro atoms. The van der Waals surface area contributed by atoms with Gasteiger partial charge in [-0.15, -0.1) is 0 Å². The first-order valence-corrected chi connectivity index (χ1v) is 7.58. The molecule has 0 amide bonds. The average molecular weight is 294 g/mol. The van der Waals surface area contributed by atoms with E-state index in [1.54, 1.807) is 6.33 Å². The van der Waals surface area contributed by atoms with Crippen LogP contribution in [0.15, 0.2) is 6.33 Å². The maximum atomic E-state index is 4.63. The molecule has 3 rings (SSSR count). The highest BCUT2D eigenvalue weighted by Crippen LogP contribution is 2.36. The summed E-state index contributed by atoms with van der Waals surface area (Å²) in [6.07, 6.45) is 1.56. The number of benzene rings is 1. The van der Waals surface area contributed by atoms with Crippen LogP contribution in [0.25, 0.3) is 16.9 Å². The fourth-order valence-corrected chi connectivity index (χ4v) is 3.36. The molecule has 4 nitrogen and oxygen atoms in total. The number of aromatic nitrogens is 4. The number of rotatable bonds is 1. The summed E-state index contributed by atoms with van der Waals surface area (Å²) in [4.78, 5) is 8.84. The lowest BCUT2D eigenvalue weighted by molar-refractivity contribution is 0.887. The fraction of sp³-hybridized carbons (Fsp3) is 0.389. The van der Waals surface area contributed by atoms with Gasteiger partial charge in [0.15, 0.2) is 0 Å². The molecule has 0 fully saturated rings. The Kier molecular flexibility index (Phi) is 3.28. The van der Waals surface area contributed by atoms with Gasteiger partial charge >= 0.3 is 0 Å². The maximum absolute atomic E-state index is 4.63. The van der Waals surface area contributed by atoms with Crippen molar-refractivity contribution in [2.45, 2.75) is 48.5 Å². The Hall–Kier alpha value is -2.23. The van der Waals surface area contributed by atoms with E-state index in [9.17, 15) is 0 Å². The summed E-state index contributed by atoms with van der Waals surface area (Å²) >= 11 is 0. The van der Waals surface area contributed by atoms with Gasteiger partial charge in [-0.05, 0) is 81.8 Å². The average Bonchev–Trinajstić information content (AvgIpc) is 2.95. The molecule has 0 aliphatic heterocycles. The van der Waals surface area contributed by atoms with Crippen molar-refractivity contribution in [3.05, 3.63) is 45.5 Å². The number of aryl methyl sites for hydroxylation is 2. The van der Waals surface area contributed by atoms with E-state index in [-0.39, 0.29) is 0 Å². The molecule has 1 aromatic carbocycles. The fourth-order valence-electron chi connectivity index (χ4n) is 3.36. The quantitative estimate of drug-likeness (QED) is 0.682. The van der Waals surface area contributed by atoms with Crippen molar-refractivity contribution < 1.29 is 0 Å². The Morgan fingerprint density at radius 3 is 1.86 bits per heavy atom. The third kappa shape index (κ3) is 1.86. The zero-order valence-electron chi connectivity index (χ0n) is 14.4. The minimum absolute atomic E-state index is 0.662. The van der Waals surface area contributed by atoms with Crippen LogP contribution in [0, 0.1) is 48.5 Å². The first-order chi connectivity index (χ1) is 10.3. The van der Waals surface area contributed by atoms with Crippen LogP contribution in [-0.2, 0) is 0 Å². The second-order valence-corrected chi connectivity index (χ2v) is 6.13. The van der Waals surface area contributed by atoms with E-state index in [1.165, 1.54) is 38.9 Å². The van der Waals surface area contributed by atoms with E-state index in [2.05, 4.69) is 63.5 Å². The maximum Gasteiger partial charge on any atom is 0.252 e. The van der Waals surface area contributed by atoms with Crippen molar-refractivity contribution in [3.63, 3.8) is 0 Å². The highest BCUT2D eigenvalue weighted by molar-refractivity contribution is 5.78. The van der Waals surface area contributed by atoms with Crippen LogP contribution in [0.5, 0.6) is 0 Å². The molecule has 0 bridgehead atoms. The molecule has 0 saturated carbocycles. The molecule has 0 aliphatic rings. The van der Waals surface area contributed by atoms with E-state index < -0.39 is 0 Å². The van der Waals surface area contributed by atoms with Crippen LogP contribution in [0.3, 0.4) is 0 Å². The van der Waals surface area contributed by atoms with Gasteiger partial charge in [-0.2, -0.15) is 10.1 Å². The van der Waals surface area contributed by atoms with Gasteiger partial charge in [0.1, 0.15) is 6.33 Å². The Labute approximate surface area is 131 Å². The lowest BCUT2D eigenvalue weighted by Crippen LogP contribution is -2.07. The predicted molar refractivity (Wildman–Crippen MR) is 89.4 cm³/mol. The smallest absolute Gasteiger partial charge is 0.216 e. The molecule has 0 saturated heterocycles. The Morgan fingerprint density at radius 2 is 1.27 bits per heavy atom. The normalized spacial score (nSPS) is 11.4. The second-order valence-electron chi connectivity index (χ2n) is 6.13. The monoisotopic (exact) mass is 294 g/mol. The van der Waals surface area contributed by atoms with Crippen LogP contribution < -0.4 is 0 Å². The van der Waals surface area contributed by atoms with Crippen molar-refractivity contribution in [2.24, 2.45) is 0 Å². The molecule has 0 N–H and O–H groups in total. The zero-order valence-corrected chi connectivity index (χ0v) is 14.4. The van der Waals surface area contributed by atoms with Gasteiger partial charge in [-0.25, -0.2) is 9.50 Å². The van der Waals surface area contributed by atoms with Gasteiger partial charge < -0.3 is 0 Å². The number of nitrogens with zero attached hydrogens (tertiary/aromatic N) is 4. The van der Waals surface area contributed by atoms with Gasteiger partial charge in [-0.3, -0.25) is 0 Å². The largest absolute Gasteiger partial charge is 0.252 e. The van der Waals surface area contributed by atoms with E-state index in [0.717, 1.165) is 11.4 Å². The Morgan fingerprint density at radius 1 is 0.727 bits per heavy atom. The molecule has 0 aliphatic carbocycles. The zero-order chi connectivity index (χ0) is 16.2. The van der Waals surface area contributed by atoms with Gasteiger partial charge in [0.2, 0.25) is 0 Å². The summed E-state index contributed by atoms with van der Waals surface area (Å²) in [7, 11) is 0. The molecular weight excluding hydrogens is 272 g/mol. The second kappa shape index (κ2) is 4.90. The standard InChI is InChI=1S/C18H22N4/c1-9-10(2)12(4)16(13(5)11(9)3)17-14(6)21-18-19-8-20-22(18)15(17)7/h8H,1-7H3. The Bertz CT molecular complexity index is 874. The van der Waals surface area contributed by atoms with E-state index in [1.807, 2.05) is 4.52 Å². The minimum atomic E-state index is 0.662. The summed E-state index contributed by atoms with van der Waals surface area (Å²) < 4.78 is 1.83. The molecule has 0 unspecified atom stereocenters. The first kappa shape index (κ1) is 14.7. The molecule has 3 aromatic rings. The van der Waals surface area contributed by atoms with E-state index >= 15 is 0 Å². The molecule has 2 aromatic heterocycles. The first-order valence-electron chi connectivity index (χ1n) is 7.58. The molecular formula is C18H22N4. The van der Waals surface area contributed by atoms with E-state index in [4.69, 9.17) is 0 Å². The number of fused-ring (bicyclic) bond motifs is 1. The van der Waals surface area contributed by atoms with Crippen LogP contribution in [0.4, 0.5) is 0 Å². The molecule has 0 atom stereocenters. The summed E-state index contributed by atoms with van der Waals surface area (Å²) in [6.45, 7) is 15.2. The van der Waals surface area contributed by atoms with Crippen molar-refractivity contribution in [3.8, 4) is 11.1 Å². The van der Waals surface area contributed by atoms with Crippen LogP contribution in [-0.4, -0.2) is 19.6 Å². The van der Waals surface area contributed by atoms with Crippen LogP contribution in [0.2, 0.25) is 0 Å². The minimum Gasteiger partial charge on any atom is -0.216 e. The third-order valence-electron chi connectivity index (χ3n) is 5.09. The molecule has 0 radical (unpaired) electrons. The Balaban J connectivity index is 2.47. The van der Waals surface area contributed by atoms with Gasteiger partial charge in [-0.1, -0.05) is 0 Å². The molecule has 4 heteroatoms. The number of hydrogen-bond donors (Lipinski definition) is 0. The summed E-state index contributed by atoms with van der Waals surface area (Å²) in [5.74, 6) is 0.662. The van der Waals surface area contributed by atoms with Crippen LogP contribution >= 0.6 is 0 Å². The molecule has 2 heterocycles. The molecule has 22 heavy (non-hydrogen) atoms. The third-order valence-corrected chi connectivity index (χ3v) is 5.09. The van der Waals surface area contributed by atoms with Crippen molar-refractivity contribution in [2.75, 3.05) is 0 Å². The van der Waals surface area contributed by atoms with Crippen molar-refractivity contribution >= 4 is 5.78 Å². The predicted octanol–water partition coefficient (Wildman–Crippen LogP) is 3.95. The van der Waals surface area contributed by atoms with Gasteiger partial charge in [0.25, 0.3) is 5.78 Å². The molecule has 114 valence electrons. The number of hydrogen-bond acceptors (Lipinski definition) is 3. The SMILES string of the molecule is Cc1nc2ncnn2c(C)c1-c1c(C)c(C)c(C)c(C)c1C. The summed E-state index contributed by atoms with van der Waals surface area (Å²) in [6, 6.07) is 0. The summed E-state index contributed by atoms with van der Waals surface area (Å²) in [5, 5.41) is 4.31. The van der Waals surface area contributed by atoms with Gasteiger partial charge in [0, 0.05) is 5.56 Å². The summed E-state index contributed by atoms with van der Waals surface area (Å²) in [5.41, 5.74) is 11.3. The topological polar surface area (TPSA) is 43.1 Å². The van der Waals surface area contributed by atoms with Crippen molar-refractivity contribution in [1.29, 1.82) is 0 Å². The lowest BCUT2D eigenvalue weighted by Gasteiger charge is -2.21. The van der Waals surface area contributed by atoms with Crippen LogP contribution in [0.1, 0.15) is 39.2 Å².